The molecule has 18 heavy (non-hydrogen) atoms. The third-order valence-corrected chi connectivity index (χ3v) is 4.87. The Labute approximate surface area is 111 Å². The monoisotopic (exact) mass is 267 g/mol. The Bertz CT molecular complexity index is 396. The first kappa shape index (κ1) is 13.7. The summed E-state index contributed by atoms with van der Waals surface area (Å²) in [7, 11) is -0.691. The van der Waals surface area contributed by atoms with Crippen molar-refractivity contribution in [3.8, 4) is 0 Å². The summed E-state index contributed by atoms with van der Waals surface area (Å²) in [5.74, 6) is 1.96. The molecule has 3 atom stereocenters. The summed E-state index contributed by atoms with van der Waals surface area (Å²) in [6, 6.07) is 9.73. The molecule has 1 aliphatic rings. The van der Waals surface area contributed by atoms with Gasteiger partial charge in [-0.15, -0.1) is 0 Å². The summed E-state index contributed by atoms with van der Waals surface area (Å²) in [6.45, 7) is 4.51. The fraction of sp³-hybridized carbons (Fsp3) is 0.571. The molecular formula is C14H21NO2S. The zero-order chi connectivity index (χ0) is 13.0. The Balaban J connectivity index is 1.94. The Kier molecular flexibility index (Phi) is 4.92. The average Bonchev–Trinajstić information content (AvgIpc) is 2.51. The van der Waals surface area contributed by atoms with Gasteiger partial charge in [0.2, 0.25) is 0 Å². The molecule has 1 aromatic rings. The summed E-state index contributed by atoms with van der Waals surface area (Å²) in [4.78, 5) is 2.23. The first-order valence-corrected chi connectivity index (χ1v) is 7.94. The van der Waals surface area contributed by atoms with Crippen molar-refractivity contribution < 1.29 is 9.32 Å². The van der Waals surface area contributed by atoms with E-state index in [1.54, 1.807) is 0 Å². The van der Waals surface area contributed by atoms with Gasteiger partial charge in [-0.2, -0.15) is 0 Å². The highest BCUT2D eigenvalue weighted by molar-refractivity contribution is 7.85. The molecule has 1 fully saturated rings. The summed E-state index contributed by atoms with van der Waals surface area (Å²) in [5.41, 5.74) is 0.954. The van der Waals surface area contributed by atoms with Crippen LogP contribution in [0.2, 0.25) is 0 Å². The number of nitrogens with zero attached hydrogens (tertiary/aromatic N) is 1. The minimum Gasteiger partial charge on any atom is -0.387 e. The predicted octanol–water partition coefficient (Wildman–Crippen LogP) is 1.42. The van der Waals surface area contributed by atoms with Gasteiger partial charge >= 0.3 is 0 Å². The van der Waals surface area contributed by atoms with Crippen LogP contribution in [0.4, 0.5) is 0 Å². The van der Waals surface area contributed by atoms with Gasteiger partial charge in [-0.3, -0.25) is 9.11 Å². The molecule has 0 saturated carbocycles. The molecule has 0 aliphatic carbocycles. The maximum atomic E-state index is 11.6. The molecule has 1 saturated heterocycles. The predicted molar refractivity (Wildman–Crippen MR) is 74.9 cm³/mol. The van der Waals surface area contributed by atoms with Gasteiger partial charge in [-0.05, 0) is 11.5 Å². The summed E-state index contributed by atoms with van der Waals surface area (Å²) in [5, 5.41) is 10.2. The molecule has 1 aliphatic heterocycles. The molecule has 100 valence electrons. The Morgan fingerprint density at radius 1 is 1.44 bits per heavy atom. The number of aliphatic hydroxyl groups is 1. The second kappa shape index (κ2) is 6.45. The fourth-order valence-corrected chi connectivity index (χ4v) is 3.78. The molecule has 0 bridgehead atoms. The zero-order valence-electron chi connectivity index (χ0n) is 10.8. The SMILES string of the molecule is CC1CN(C[C@@H](O)c2ccccc2)CCS(=O)C1. The van der Waals surface area contributed by atoms with Gasteiger partial charge in [0.05, 0.1) is 6.10 Å². The highest BCUT2D eigenvalue weighted by atomic mass is 32.2. The van der Waals surface area contributed by atoms with Crippen LogP contribution in [-0.2, 0) is 10.8 Å². The van der Waals surface area contributed by atoms with Crippen molar-refractivity contribution >= 4 is 10.8 Å². The van der Waals surface area contributed by atoms with Crippen LogP contribution in [0.5, 0.6) is 0 Å². The molecular weight excluding hydrogens is 246 g/mol. The van der Waals surface area contributed by atoms with E-state index in [-0.39, 0.29) is 0 Å². The van der Waals surface area contributed by atoms with Crippen LogP contribution in [-0.4, -0.2) is 45.4 Å². The molecule has 1 heterocycles. The minimum atomic E-state index is -0.691. The molecule has 3 nitrogen and oxygen atoms in total. The summed E-state index contributed by atoms with van der Waals surface area (Å²) < 4.78 is 11.6. The van der Waals surface area contributed by atoms with Crippen molar-refractivity contribution in [2.24, 2.45) is 5.92 Å². The van der Waals surface area contributed by atoms with Crippen molar-refractivity contribution in [3.05, 3.63) is 35.9 Å². The van der Waals surface area contributed by atoms with Crippen molar-refractivity contribution in [2.45, 2.75) is 13.0 Å². The first-order chi connectivity index (χ1) is 8.65. The van der Waals surface area contributed by atoms with Crippen LogP contribution < -0.4 is 0 Å². The van der Waals surface area contributed by atoms with Crippen molar-refractivity contribution in [1.82, 2.24) is 4.90 Å². The largest absolute Gasteiger partial charge is 0.387 e. The summed E-state index contributed by atoms with van der Waals surface area (Å²) >= 11 is 0. The van der Waals surface area contributed by atoms with Crippen molar-refractivity contribution in [1.29, 1.82) is 0 Å². The van der Waals surface area contributed by atoms with Gasteiger partial charge in [0.1, 0.15) is 0 Å². The van der Waals surface area contributed by atoms with E-state index in [0.29, 0.717) is 12.5 Å². The van der Waals surface area contributed by atoms with E-state index in [1.807, 2.05) is 30.3 Å². The number of hydrogen-bond acceptors (Lipinski definition) is 3. The molecule has 4 heteroatoms. The van der Waals surface area contributed by atoms with Crippen LogP contribution in [0.25, 0.3) is 0 Å². The van der Waals surface area contributed by atoms with E-state index >= 15 is 0 Å². The van der Waals surface area contributed by atoms with Crippen LogP contribution in [0.15, 0.2) is 30.3 Å². The topological polar surface area (TPSA) is 40.5 Å². The lowest BCUT2D eigenvalue weighted by molar-refractivity contribution is 0.111. The van der Waals surface area contributed by atoms with Crippen molar-refractivity contribution in [2.75, 3.05) is 31.1 Å². The van der Waals surface area contributed by atoms with E-state index in [2.05, 4.69) is 11.8 Å². The molecule has 1 aromatic carbocycles. The van der Waals surface area contributed by atoms with Crippen LogP contribution >= 0.6 is 0 Å². The van der Waals surface area contributed by atoms with E-state index in [0.717, 1.165) is 30.2 Å². The second-order valence-electron chi connectivity index (χ2n) is 5.10. The Hall–Kier alpha value is -0.710. The lowest BCUT2D eigenvalue weighted by atomic mass is 10.1. The van der Waals surface area contributed by atoms with E-state index in [1.165, 1.54) is 0 Å². The van der Waals surface area contributed by atoms with Gasteiger partial charge in [0, 0.05) is 41.9 Å². The third-order valence-electron chi connectivity index (χ3n) is 3.29. The second-order valence-corrected chi connectivity index (χ2v) is 6.72. The quantitative estimate of drug-likeness (QED) is 0.900. The van der Waals surface area contributed by atoms with Crippen LogP contribution in [0.1, 0.15) is 18.6 Å². The van der Waals surface area contributed by atoms with E-state index < -0.39 is 16.9 Å². The standard InChI is InChI=1S/C14H21NO2S/c1-12-9-15(7-8-18(17)11-12)10-14(16)13-5-3-2-4-6-13/h2-6,12,14,16H,7-11H2,1H3/t12?,14-,18?/m1/s1. The van der Waals surface area contributed by atoms with Gasteiger partial charge in [0.25, 0.3) is 0 Å². The fourth-order valence-electron chi connectivity index (χ4n) is 2.41. The normalized spacial score (nSPS) is 27.7. The smallest absolute Gasteiger partial charge is 0.0916 e. The van der Waals surface area contributed by atoms with Crippen LogP contribution in [0, 0.1) is 5.92 Å². The summed E-state index contributed by atoms with van der Waals surface area (Å²) in [6.07, 6.45) is -0.454. The lowest BCUT2D eigenvalue weighted by Crippen LogP contribution is -2.33. The number of rotatable bonds is 3. The van der Waals surface area contributed by atoms with Gasteiger partial charge in [-0.25, -0.2) is 0 Å². The van der Waals surface area contributed by atoms with E-state index in [9.17, 15) is 9.32 Å². The van der Waals surface area contributed by atoms with Crippen LogP contribution in [0.3, 0.4) is 0 Å². The maximum absolute atomic E-state index is 11.6. The maximum Gasteiger partial charge on any atom is 0.0916 e. The highest BCUT2D eigenvalue weighted by Gasteiger charge is 2.21. The molecule has 0 radical (unpaired) electrons. The number of benzene rings is 1. The zero-order valence-corrected chi connectivity index (χ0v) is 11.6. The Morgan fingerprint density at radius 3 is 2.89 bits per heavy atom. The molecule has 2 unspecified atom stereocenters. The van der Waals surface area contributed by atoms with Crippen molar-refractivity contribution in [3.63, 3.8) is 0 Å². The highest BCUT2D eigenvalue weighted by Crippen LogP contribution is 2.16. The Morgan fingerprint density at radius 2 is 2.17 bits per heavy atom. The molecule has 1 N–H and O–H groups in total. The average molecular weight is 267 g/mol. The lowest BCUT2D eigenvalue weighted by Gasteiger charge is -2.24. The third kappa shape index (κ3) is 3.90. The minimum absolute atomic E-state index is 0.441. The molecule has 0 spiro atoms. The number of hydrogen-bond donors (Lipinski definition) is 1. The van der Waals surface area contributed by atoms with E-state index in [4.69, 9.17) is 0 Å². The molecule has 2 rings (SSSR count). The van der Waals surface area contributed by atoms with Gasteiger partial charge < -0.3 is 5.11 Å². The van der Waals surface area contributed by atoms with Gasteiger partial charge in [0.15, 0.2) is 0 Å². The first-order valence-electron chi connectivity index (χ1n) is 6.45. The molecule has 0 aromatic heterocycles. The van der Waals surface area contributed by atoms with Gasteiger partial charge in [-0.1, -0.05) is 37.3 Å². The number of β-amino-alcohol motifs (C(OH)–C–C–N with tert-alkyl or cyclic N) is 1. The number of aliphatic hydroxyl groups excluding tert-OH is 1. The molecule has 0 amide bonds.